The van der Waals surface area contributed by atoms with Gasteiger partial charge in [0.1, 0.15) is 23.7 Å². The van der Waals surface area contributed by atoms with Gasteiger partial charge in [0.05, 0.1) is 44.8 Å². The SMILES string of the molecule is COC(=O)c1ccc(OCCNCC(=O)Cc2ccc(N(C(N)=O)c3ccccc3C)c(OC)c2)c(C(=O)OC)c1. The highest BCUT2D eigenvalue weighted by Gasteiger charge is 2.21. The van der Waals surface area contributed by atoms with Crippen molar-refractivity contribution in [1.82, 2.24) is 5.32 Å². The molecule has 216 valence electrons. The number of nitrogens with one attached hydrogen (secondary N) is 1. The summed E-state index contributed by atoms with van der Waals surface area (Å²) in [4.78, 5) is 50.2. The fraction of sp³-hybridized carbons (Fsp3) is 0.267. The molecule has 2 amide bonds. The zero-order chi connectivity index (χ0) is 29.9. The lowest BCUT2D eigenvalue weighted by Gasteiger charge is -2.24. The molecule has 0 saturated carbocycles. The molecule has 0 radical (unpaired) electrons. The monoisotopic (exact) mass is 563 g/mol. The Kier molecular flexibility index (Phi) is 10.8. The largest absolute Gasteiger partial charge is 0.495 e. The Morgan fingerprint density at radius 2 is 1.59 bits per heavy atom. The third kappa shape index (κ3) is 7.83. The molecule has 11 heteroatoms. The molecule has 0 heterocycles. The molecule has 0 spiro atoms. The van der Waals surface area contributed by atoms with E-state index in [-0.39, 0.29) is 42.2 Å². The number of carbonyl (C=O) groups is 4. The Morgan fingerprint density at radius 3 is 2.24 bits per heavy atom. The summed E-state index contributed by atoms with van der Waals surface area (Å²) in [5.41, 5.74) is 8.64. The summed E-state index contributed by atoms with van der Waals surface area (Å²) in [6, 6.07) is 16.1. The van der Waals surface area contributed by atoms with E-state index < -0.39 is 18.0 Å². The van der Waals surface area contributed by atoms with Gasteiger partial charge >= 0.3 is 18.0 Å². The van der Waals surface area contributed by atoms with Crippen LogP contribution >= 0.6 is 0 Å². The quantitative estimate of drug-likeness (QED) is 0.235. The van der Waals surface area contributed by atoms with Crippen LogP contribution in [-0.2, 0) is 20.7 Å². The van der Waals surface area contributed by atoms with Gasteiger partial charge in [-0.1, -0.05) is 24.3 Å². The maximum Gasteiger partial charge on any atom is 0.341 e. The van der Waals surface area contributed by atoms with Crippen molar-refractivity contribution in [2.24, 2.45) is 5.73 Å². The number of aryl methyl sites for hydroxylation is 1. The molecule has 0 saturated heterocycles. The number of amides is 2. The molecule has 11 nitrogen and oxygen atoms in total. The number of para-hydroxylation sites is 1. The molecule has 3 N–H and O–H groups in total. The zero-order valence-electron chi connectivity index (χ0n) is 23.4. The Hall–Kier alpha value is -4.90. The van der Waals surface area contributed by atoms with Crippen molar-refractivity contribution >= 4 is 35.1 Å². The molecule has 0 fully saturated rings. The molecule has 3 rings (SSSR count). The van der Waals surface area contributed by atoms with Crippen molar-refractivity contribution in [2.45, 2.75) is 13.3 Å². The Bertz CT molecular complexity index is 1420. The lowest BCUT2D eigenvalue weighted by atomic mass is 10.1. The van der Waals surface area contributed by atoms with Gasteiger partial charge in [0.25, 0.3) is 0 Å². The number of methoxy groups -OCH3 is 3. The summed E-state index contributed by atoms with van der Waals surface area (Å²) in [7, 11) is 3.95. The van der Waals surface area contributed by atoms with E-state index in [1.807, 2.05) is 25.1 Å². The molecule has 0 aliphatic carbocycles. The van der Waals surface area contributed by atoms with Crippen LogP contribution in [0.3, 0.4) is 0 Å². The van der Waals surface area contributed by atoms with Crippen LogP contribution in [-0.4, -0.2) is 64.8 Å². The predicted molar refractivity (Wildman–Crippen MR) is 152 cm³/mol. The first-order valence-corrected chi connectivity index (χ1v) is 12.7. The highest BCUT2D eigenvalue weighted by Crippen LogP contribution is 2.36. The standard InChI is InChI=1S/C30H33N3O8/c1-19-7-5-6-8-24(19)33(30(31)37)25-11-9-20(16-27(25)38-2)15-22(34)18-32-13-14-41-26-12-10-21(28(35)39-3)17-23(26)29(36)40-4/h5-12,16-17,32H,13-15,18H2,1-4H3,(H2,31,37). The minimum absolute atomic E-state index is 0.0786. The molecule has 0 aliphatic heterocycles. The number of anilines is 2. The highest BCUT2D eigenvalue weighted by atomic mass is 16.5. The zero-order valence-corrected chi connectivity index (χ0v) is 23.4. The van der Waals surface area contributed by atoms with Gasteiger partial charge in [0, 0.05) is 13.0 Å². The van der Waals surface area contributed by atoms with Crippen LogP contribution in [0, 0.1) is 6.92 Å². The minimum Gasteiger partial charge on any atom is -0.495 e. The second kappa shape index (κ2) is 14.5. The van der Waals surface area contributed by atoms with Crippen LogP contribution in [0.4, 0.5) is 16.2 Å². The second-order valence-corrected chi connectivity index (χ2v) is 8.90. The first-order valence-electron chi connectivity index (χ1n) is 12.7. The van der Waals surface area contributed by atoms with Gasteiger partial charge < -0.3 is 30.0 Å². The Labute approximate surface area is 238 Å². The predicted octanol–water partition coefficient (Wildman–Crippen LogP) is 3.57. The van der Waals surface area contributed by atoms with Crippen LogP contribution in [0.25, 0.3) is 0 Å². The number of nitrogens with two attached hydrogens (primary N) is 1. The van der Waals surface area contributed by atoms with Crippen LogP contribution in [0.15, 0.2) is 60.7 Å². The number of carbonyl (C=O) groups excluding carboxylic acids is 4. The minimum atomic E-state index is -0.661. The lowest BCUT2D eigenvalue weighted by molar-refractivity contribution is -0.117. The van der Waals surface area contributed by atoms with Gasteiger partial charge in [0.15, 0.2) is 5.78 Å². The van der Waals surface area contributed by atoms with Crippen molar-refractivity contribution < 1.29 is 38.1 Å². The summed E-state index contributed by atoms with van der Waals surface area (Å²) in [5.74, 6) is -0.694. The topological polar surface area (TPSA) is 146 Å². The van der Waals surface area contributed by atoms with E-state index in [0.29, 0.717) is 29.2 Å². The van der Waals surface area contributed by atoms with Crippen molar-refractivity contribution in [3.05, 3.63) is 82.9 Å². The lowest BCUT2D eigenvalue weighted by Crippen LogP contribution is -2.32. The first kappa shape index (κ1) is 30.6. The fourth-order valence-electron chi connectivity index (χ4n) is 4.12. The summed E-state index contributed by atoms with van der Waals surface area (Å²) >= 11 is 0. The number of benzene rings is 3. The number of hydrogen-bond donors (Lipinski definition) is 2. The van der Waals surface area contributed by atoms with E-state index in [0.717, 1.165) is 5.56 Å². The van der Waals surface area contributed by atoms with Gasteiger partial charge in [-0.2, -0.15) is 0 Å². The average molecular weight is 564 g/mol. The molecule has 0 aliphatic rings. The molecule has 3 aromatic carbocycles. The van der Waals surface area contributed by atoms with Crippen LogP contribution < -0.4 is 25.4 Å². The van der Waals surface area contributed by atoms with Gasteiger partial charge in [0.2, 0.25) is 0 Å². The average Bonchev–Trinajstić information content (AvgIpc) is 2.97. The number of ether oxygens (including phenoxy) is 4. The van der Waals surface area contributed by atoms with E-state index in [9.17, 15) is 19.2 Å². The number of ketones is 1. The van der Waals surface area contributed by atoms with E-state index in [4.69, 9.17) is 19.9 Å². The van der Waals surface area contributed by atoms with Gasteiger partial charge in [-0.3, -0.25) is 9.69 Å². The third-order valence-electron chi connectivity index (χ3n) is 6.13. The van der Waals surface area contributed by atoms with Gasteiger partial charge in [-0.25, -0.2) is 14.4 Å². The first-order chi connectivity index (χ1) is 19.7. The molecular formula is C30H33N3O8. The van der Waals surface area contributed by atoms with Crippen LogP contribution in [0.1, 0.15) is 31.8 Å². The highest BCUT2D eigenvalue weighted by molar-refractivity contribution is 6.01. The maximum atomic E-state index is 12.6. The van der Waals surface area contributed by atoms with Gasteiger partial charge in [-0.15, -0.1) is 0 Å². The molecule has 0 aromatic heterocycles. The second-order valence-electron chi connectivity index (χ2n) is 8.90. The fourth-order valence-corrected chi connectivity index (χ4v) is 4.12. The number of urea groups is 1. The van der Waals surface area contributed by atoms with Crippen molar-refractivity contribution in [1.29, 1.82) is 0 Å². The summed E-state index contributed by atoms with van der Waals surface area (Å²) in [6.45, 7) is 2.42. The number of Topliss-reactive ketones (excluding diaryl/α,β-unsaturated/α-hetero) is 1. The Morgan fingerprint density at radius 1 is 0.854 bits per heavy atom. The number of rotatable bonds is 13. The smallest absolute Gasteiger partial charge is 0.341 e. The molecule has 3 aromatic rings. The van der Waals surface area contributed by atoms with Crippen molar-refractivity contribution in [3.63, 3.8) is 0 Å². The van der Waals surface area contributed by atoms with E-state index in [1.54, 1.807) is 24.3 Å². The molecule has 41 heavy (non-hydrogen) atoms. The summed E-state index contributed by atoms with van der Waals surface area (Å²) in [5, 5.41) is 3.01. The molecular weight excluding hydrogens is 530 g/mol. The van der Waals surface area contributed by atoms with E-state index in [1.165, 1.54) is 44.4 Å². The summed E-state index contributed by atoms with van der Waals surface area (Å²) in [6.07, 6.45) is 0.132. The molecule has 0 atom stereocenters. The number of primary amides is 1. The normalized spacial score (nSPS) is 10.4. The van der Waals surface area contributed by atoms with Crippen molar-refractivity contribution in [3.8, 4) is 11.5 Å². The third-order valence-corrected chi connectivity index (χ3v) is 6.13. The summed E-state index contributed by atoms with van der Waals surface area (Å²) < 4.78 is 20.7. The number of nitrogens with zero attached hydrogens (tertiary/aromatic N) is 1. The Balaban J connectivity index is 1.58. The number of esters is 2. The van der Waals surface area contributed by atoms with Crippen LogP contribution in [0.2, 0.25) is 0 Å². The maximum absolute atomic E-state index is 12.6. The molecule has 0 bridgehead atoms. The molecule has 0 unspecified atom stereocenters. The van der Waals surface area contributed by atoms with Crippen molar-refractivity contribution in [2.75, 3.05) is 45.9 Å². The van der Waals surface area contributed by atoms with Gasteiger partial charge in [-0.05, 0) is 54.4 Å². The number of hydrogen-bond acceptors (Lipinski definition) is 9. The van der Waals surface area contributed by atoms with Crippen LogP contribution in [0.5, 0.6) is 11.5 Å². The van der Waals surface area contributed by atoms with E-state index >= 15 is 0 Å². The van der Waals surface area contributed by atoms with E-state index in [2.05, 4.69) is 10.1 Å².